The molecule has 1 aromatic carbocycles. The van der Waals surface area contributed by atoms with Gasteiger partial charge in [0.05, 0.1) is 17.7 Å². The first-order chi connectivity index (χ1) is 12.4. The van der Waals surface area contributed by atoms with Gasteiger partial charge in [0.15, 0.2) is 0 Å². The van der Waals surface area contributed by atoms with E-state index in [4.69, 9.17) is 0 Å². The van der Waals surface area contributed by atoms with Crippen molar-refractivity contribution in [3.63, 3.8) is 0 Å². The molecule has 1 aliphatic carbocycles. The highest BCUT2D eigenvalue weighted by atomic mass is 19.3. The molecule has 0 heterocycles. The summed E-state index contributed by atoms with van der Waals surface area (Å²) in [5.41, 5.74) is -0.989. The molecule has 1 aromatic rings. The molecule has 2 rings (SSSR count). The zero-order valence-electron chi connectivity index (χ0n) is 14.5. The first-order valence-corrected chi connectivity index (χ1v) is 8.71. The molecule has 1 fully saturated rings. The Balaban J connectivity index is 1.82. The molecule has 0 spiro atoms. The summed E-state index contributed by atoms with van der Waals surface area (Å²) in [6.07, 6.45) is 5.27. The SMILES string of the molecule is O=C(CNC(=O)c1ccccc1OC(F)F)NCC1(O)CCCCCC1. The van der Waals surface area contributed by atoms with Crippen LogP contribution in [0.2, 0.25) is 0 Å². The Morgan fingerprint density at radius 3 is 2.42 bits per heavy atom. The van der Waals surface area contributed by atoms with E-state index in [2.05, 4.69) is 15.4 Å². The lowest BCUT2D eigenvalue weighted by molar-refractivity contribution is -0.121. The molecule has 3 N–H and O–H groups in total. The summed E-state index contributed by atoms with van der Waals surface area (Å²) in [7, 11) is 0. The Labute approximate surface area is 150 Å². The van der Waals surface area contributed by atoms with Gasteiger partial charge in [-0.15, -0.1) is 0 Å². The average molecular weight is 370 g/mol. The lowest BCUT2D eigenvalue weighted by Gasteiger charge is -2.26. The fraction of sp³-hybridized carbons (Fsp3) is 0.556. The molecule has 8 heteroatoms. The third-order valence-electron chi connectivity index (χ3n) is 4.41. The number of hydrogen-bond donors (Lipinski definition) is 3. The Hall–Kier alpha value is -2.22. The molecule has 0 radical (unpaired) electrons. The topological polar surface area (TPSA) is 87.7 Å². The summed E-state index contributed by atoms with van der Waals surface area (Å²) in [6, 6.07) is 5.56. The molecule has 6 nitrogen and oxygen atoms in total. The number of aliphatic hydroxyl groups is 1. The summed E-state index contributed by atoms with van der Waals surface area (Å²) in [5, 5.41) is 15.5. The Morgan fingerprint density at radius 2 is 1.77 bits per heavy atom. The van der Waals surface area contributed by atoms with Crippen LogP contribution in [0.1, 0.15) is 48.9 Å². The van der Waals surface area contributed by atoms with Crippen molar-refractivity contribution in [2.75, 3.05) is 13.1 Å². The minimum absolute atomic E-state index is 0.0806. The van der Waals surface area contributed by atoms with Crippen LogP contribution in [-0.2, 0) is 4.79 Å². The lowest BCUT2D eigenvalue weighted by Crippen LogP contribution is -2.45. The van der Waals surface area contributed by atoms with Gasteiger partial charge in [0.25, 0.3) is 5.91 Å². The molecule has 2 amide bonds. The smallest absolute Gasteiger partial charge is 0.387 e. The van der Waals surface area contributed by atoms with Crippen molar-refractivity contribution in [1.29, 1.82) is 0 Å². The molecule has 0 bridgehead atoms. The zero-order valence-corrected chi connectivity index (χ0v) is 14.5. The summed E-state index contributed by atoms with van der Waals surface area (Å²) in [6.45, 7) is -3.24. The minimum Gasteiger partial charge on any atom is -0.434 e. The van der Waals surface area contributed by atoms with E-state index in [1.165, 1.54) is 24.3 Å². The fourth-order valence-corrected chi connectivity index (χ4v) is 3.00. The summed E-state index contributed by atoms with van der Waals surface area (Å²) >= 11 is 0. The van der Waals surface area contributed by atoms with Gasteiger partial charge in [0.2, 0.25) is 5.91 Å². The van der Waals surface area contributed by atoms with E-state index < -0.39 is 24.0 Å². The normalized spacial score (nSPS) is 16.6. The second kappa shape index (κ2) is 9.47. The van der Waals surface area contributed by atoms with Gasteiger partial charge >= 0.3 is 6.61 Å². The van der Waals surface area contributed by atoms with Crippen LogP contribution in [0.3, 0.4) is 0 Å². The van der Waals surface area contributed by atoms with Crippen molar-refractivity contribution < 1.29 is 28.2 Å². The van der Waals surface area contributed by atoms with Crippen molar-refractivity contribution >= 4 is 11.8 Å². The van der Waals surface area contributed by atoms with Crippen LogP contribution < -0.4 is 15.4 Å². The van der Waals surface area contributed by atoms with Crippen LogP contribution in [0.4, 0.5) is 8.78 Å². The highest BCUT2D eigenvalue weighted by molar-refractivity contribution is 5.98. The Kier molecular flexibility index (Phi) is 7.32. The molecule has 26 heavy (non-hydrogen) atoms. The van der Waals surface area contributed by atoms with Gasteiger partial charge in [-0.05, 0) is 25.0 Å². The van der Waals surface area contributed by atoms with Gasteiger partial charge in [-0.25, -0.2) is 0 Å². The number of carbonyl (C=O) groups is 2. The van der Waals surface area contributed by atoms with Gasteiger partial charge in [-0.2, -0.15) is 8.78 Å². The molecule has 144 valence electrons. The van der Waals surface area contributed by atoms with Crippen LogP contribution in [-0.4, -0.2) is 42.2 Å². The molecule has 0 aromatic heterocycles. The molecule has 0 unspecified atom stereocenters. The Bertz CT molecular complexity index is 617. The summed E-state index contributed by atoms with van der Waals surface area (Å²) in [5.74, 6) is -1.40. The van der Waals surface area contributed by atoms with Gasteiger partial charge in [-0.3, -0.25) is 9.59 Å². The number of alkyl halides is 2. The molecular weight excluding hydrogens is 346 g/mol. The fourth-order valence-electron chi connectivity index (χ4n) is 3.00. The first kappa shape index (κ1) is 20.1. The average Bonchev–Trinajstić information content (AvgIpc) is 2.83. The van der Waals surface area contributed by atoms with E-state index in [-0.39, 0.29) is 24.4 Å². The third kappa shape index (κ3) is 6.25. The predicted octanol–water partition coefficient (Wildman–Crippen LogP) is 2.22. The lowest BCUT2D eigenvalue weighted by atomic mass is 9.94. The molecular formula is C18H24F2N2O4. The maximum absolute atomic E-state index is 12.4. The summed E-state index contributed by atoms with van der Waals surface area (Å²) < 4.78 is 29.1. The van der Waals surface area contributed by atoms with Crippen LogP contribution in [0.5, 0.6) is 5.75 Å². The van der Waals surface area contributed by atoms with Gasteiger partial charge in [0, 0.05) is 6.54 Å². The minimum atomic E-state index is -3.05. The standard InChI is InChI=1S/C18H24F2N2O4/c19-17(20)26-14-8-4-3-7-13(14)16(24)21-11-15(23)22-12-18(25)9-5-1-2-6-10-18/h3-4,7-8,17,25H,1-2,5-6,9-12H2,(H,21,24)(H,22,23). The molecule has 0 aliphatic heterocycles. The van der Waals surface area contributed by atoms with Crippen LogP contribution in [0.15, 0.2) is 24.3 Å². The predicted molar refractivity (Wildman–Crippen MR) is 91.1 cm³/mol. The number of amides is 2. The quantitative estimate of drug-likeness (QED) is 0.642. The van der Waals surface area contributed by atoms with Crippen molar-refractivity contribution in [2.24, 2.45) is 0 Å². The van der Waals surface area contributed by atoms with Crippen molar-refractivity contribution in [3.8, 4) is 5.75 Å². The number of rotatable bonds is 7. The van der Waals surface area contributed by atoms with E-state index in [1.54, 1.807) is 0 Å². The molecule has 0 saturated heterocycles. The Morgan fingerprint density at radius 1 is 1.12 bits per heavy atom. The number of carbonyl (C=O) groups excluding carboxylic acids is 2. The third-order valence-corrected chi connectivity index (χ3v) is 4.41. The van der Waals surface area contributed by atoms with Crippen LogP contribution >= 0.6 is 0 Å². The number of para-hydroxylation sites is 1. The zero-order chi connectivity index (χ0) is 19.0. The number of nitrogens with one attached hydrogen (secondary N) is 2. The van der Waals surface area contributed by atoms with Crippen LogP contribution in [0, 0.1) is 0 Å². The van der Waals surface area contributed by atoms with Crippen molar-refractivity contribution in [2.45, 2.75) is 50.7 Å². The second-order valence-corrected chi connectivity index (χ2v) is 6.47. The maximum atomic E-state index is 12.4. The number of benzene rings is 1. The second-order valence-electron chi connectivity index (χ2n) is 6.47. The van der Waals surface area contributed by atoms with E-state index >= 15 is 0 Å². The monoisotopic (exact) mass is 370 g/mol. The number of halogens is 2. The van der Waals surface area contributed by atoms with Gasteiger partial charge in [0.1, 0.15) is 5.75 Å². The van der Waals surface area contributed by atoms with E-state index in [1.807, 2.05) is 0 Å². The maximum Gasteiger partial charge on any atom is 0.387 e. The van der Waals surface area contributed by atoms with Crippen molar-refractivity contribution in [3.05, 3.63) is 29.8 Å². The summed E-state index contributed by atoms with van der Waals surface area (Å²) in [4.78, 5) is 24.0. The van der Waals surface area contributed by atoms with E-state index in [0.29, 0.717) is 12.8 Å². The first-order valence-electron chi connectivity index (χ1n) is 8.71. The molecule has 1 aliphatic rings. The van der Waals surface area contributed by atoms with Gasteiger partial charge in [-0.1, -0.05) is 37.8 Å². The van der Waals surface area contributed by atoms with Crippen molar-refractivity contribution in [1.82, 2.24) is 10.6 Å². The van der Waals surface area contributed by atoms with E-state index in [9.17, 15) is 23.5 Å². The van der Waals surface area contributed by atoms with Gasteiger partial charge < -0.3 is 20.5 Å². The number of hydrogen-bond acceptors (Lipinski definition) is 4. The van der Waals surface area contributed by atoms with E-state index in [0.717, 1.165) is 25.7 Å². The molecule has 1 saturated carbocycles. The molecule has 0 atom stereocenters. The largest absolute Gasteiger partial charge is 0.434 e. The highest BCUT2D eigenvalue weighted by Gasteiger charge is 2.28. The number of ether oxygens (including phenoxy) is 1. The van der Waals surface area contributed by atoms with Crippen LogP contribution in [0.25, 0.3) is 0 Å². The highest BCUT2D eigenvalue weighted by Crippen LogP contribution is 2.26.